The first-order chi connectivity index (χ1) is 13.3. The van der Waals surface area contributed by atoms with Crippen LogP contribution in [0.5, 0.6) is 5.75 Å². The highest BCUT2D eigenvalue weighted by Crippen LogP contribution is 2.26. The molecule has 3 aromatic rings. The summed E-state index contributed by atoms with van der Waals surface area (Å²) in [5, 5.41) is 7.52. The first-order valence-electron chi connectivity index (χ1n) is 7.89. The van der Waals surface area contributed by atoms with Crippen LogP contribution in [0.2, 0.25) is 0 Å². The van der Waals surface area contributed by atoms with E-state index in [1.807, 2.05) is 0 Å². The molecule has 2 N–H and O–H groups in total. The number of aromatic nitrogens is 1. The number of hydrogen-bond donors (Lipinski definition) is 2. The molecular formula is C18H13F4N3O2S. The number of amides is 1. The van der Waals surface area contributed by atoms with E-state index in [0.717, 1.165) is 5.56 Å². The zero-order valence-electron chi connectivity index (χ0n) is 14.1. The molecule has 0 radical (unpaired) electrons. The average Bonchev–Trinajstić information content (AvgIpc) is 3.10. The Labute approximate surface area is 161 Å². The predicted molar refractivity (Wildman–Crippen MR) is 96.1 cm³/mol. The van der Waals surface area contributed by atoms with Crippen molar-refractivity contribution in [1.82, 2.24) is 10.3 Å². The first-order valence-corrected chi connectivity index (χ1v) is 8.77. The molecule has 1 heterocycles. The minimum Gasteiger partial charge on any atom is -0.406 e. The van der Waals surface area contributed by atoms with Gasteiger partial charge < -0.3 is 15.4 Å². The van der Waals surface area contributed by atoms with Gasteiger partial charge in [0.2, 0.25) is 0 Å². The van der Waals surface area contributed by atoms with Gasteiger partial charge >= 0.3 is 6.36 Å². The third kappa shape index (κ3) is 5.68. The van der Waals surface area contributed by atoms with E-state index >= 15 is 0 Å². The highest BCUT2D eigenvalue weighted by Gasteiger charge is 2.30. The Morgan fingerprint density at radius 2 is 1.75 bits per heavy atom. The maximum atomic E-state index is 12.9. The van der Waals surface area contributed by atoms with E-state index < -0.39 is 12.3 Å². The van der Waals surface area contributed by atoms with E-state index in [2.05, 4.69) is 20.4 Å². The molecule has 146 valence electrons. The second-order valence-corrected chi connectivity index (χ2v) is 6.40. The summed E-state index contributed by atoms with van der Waals surface area (Å²) in [7, 11) is 0. The number of carbonyl (C=O) groups is 1. The van der Waals surface area contributed by atoms with Crippen molar-refractivity contribution in [2.24, 2.45) is 0 Å². The summed E-state index contributed by atoms with van der Waals surface area (Å²) >= 11 is 1.17. The maximum Gasteiger partial charge on any atom is 0.573 e. The summed E-state index contributed by atoms with van der Waals surface area (Å²) in [5.41, 5.74) is 1.42. The lowest BCUT2D eigenvalue weighted by molar-refractivity contribution is -0.274. The Morgan fingerprint density at radius 3 is 2.39 bits per heavy atom. The van der Waals surface area contributed by atoms with Gasteiger partial charge in [-0.05, 0) is 42.0 Å². The predicted octanol–water partition coefficient (Wildman–Crippen LogP) is 4.85. The Balaban J connectivity index is 1.56. The van der Waals surface area contributed by atoms with Gasteiger partial charge in [-0.3, -0.25) is 4.79 Å². The normalized spacial score (nSPS) is 11.1. The number of anilines is 2. The van der Waals surface area contributed by atoms with E-state index in [1.165, 1.54) is 47.7 Å². The molecule has 0 bridgehead atoms. The lowest BCUT2D eigenvalue weighted by Gasteiger charge is -2.09. The van der Waals surface area contributed by atoms with Gasteiger partial charge in [0.1, 0.15) is 17.3 Å². The highest BCUT2D eigenvalue weighted by atomic mass is 32.1. The topological polar surface area (TPSA) is 63.2 Å². The van der Waals surface area contributed by atoms with Gasteiger partial charge in [-0.25, -0.2) is 9.37 Å². The summed E-state index contributed by atoms with van der Waals surface area (Å²) in [6.45, 7) is 0.222. The largest absolute Gasteiger partial charge is 0.573 e. The monoisotopic (exact) mass is 411 g/mol. The van der Waals surface area contributed by atoms with Crippen LogP contribution >= 0.6 is 11.3 Å². The third-order valence-corrected chi connectivity index (χ3v) is 4.20. The van der Waals surface area contributed by atoms with E-state index in [9.17, 15) is 22.4 Å². The molecule has 2 aromatic carbocycles. The zero-order chi connectivity index (χ0) is 20.1. The molecule has 0 aliphatic carbocycles. The molecule has 0 saturated carbocycles. The van der Waals surface area contributed by atoms with Crippen molar-refractivity contribution in [2.45, 2.75) is 12.9 Å². The number of hydrogen-bond acceptors (Lipinski definition) is 5. The van der Waals surface area contributed by atoms with Gasteiger partial charge in [-0.15, -0.1) is 24.5 Å². The molecular weight excluding hydrogens is 398 g/mol. The Morgan fingerprint density at radius 1 is 1.07 bits per heavy atom. The summed E-state index contributed by atoms with van der Waals surface area (Å²) < 4.78 is 53.1. The molecule has 0 unspecified atom stereocenters. The van der Waals surface area contributed by atoms with Crippen LogP contribution in [0.4, 0.5) is 28.4 Å². The van der Waals surface area contributed by atoms with E-state index in [-0.39, 0.29) is 23.8 Å². The zero-order valence-corrected chi connectivity index (χ0v) is 14.9. The van der Waals surface area contributed by atoms with Crippen molar-refractivity contribution < 1.29 is 27.1 Å². The van der Waals surface area contributed by atoms with Crippen LogP contribution in [0.25, 0.3) is 0 Å². The molecule has 0 fully saturated rings. The van der Waals surface area contributed by atoms with Crippen molar-refractivity contribution >= 4 is 28.1 Å². The molecule has 28 heavy (non-hydrogen) atoms. The van der Waals surface area contributed by atoms with E-state index in [0.29, 0.717) is 10.8 Å². The first kappa shape index (κ1) is 19.6. The van der Waals surface area contributed by atoms with Crippen LogP contribution in [0.1, 0.15) is 16.1 Å². The summed E-state index contributed by atoms with van der Waals surface area (Å²) in [6.07, 6.45) is -4.75. The molecule has 10 heteroatoms. The fraction of sp³-hybridized carbons (Fsp3) is 0.111. The fourth-order valence-corrected chi connectivity index (χ4v) is 2.88. The van der Waals surface area contributed by atoms with Crippen LogP contribution < -0.4 is 15.4 Å². The van der Waals surface area contributed by atoms with Crippen LogP contribution in [-0.2, 0) is 6.54 Å². The number of nitrogens with one attached hydrogen (secondary N) is 2. The maximum absolute atomic E-state index is 12.9. The molecule has 0 spiro atoms. The standard InChI is InChI=1S/C18H13F4N3O2S/c19-12-3-1-11(2-4-12)9-23-16(26)15-10-28-17(25-15)24-13-5-7-14(8-6-13)27-18(20,21)22/h1-8,10H,9H2,(H,23,26)(H,24,25). The lowest BCUT2D eigenvalue weighted by atomic mass is 10.2. The van der Waals surface area contributed by atoms with Crippen LogP contribution in [0.3, 0.4) is 0 Å². The molecule has 5 nitrogen and oxygen atoms in total. The minimum atomic E-state index is -4.75. The number of benzene rings is 2. The van der Waals surface area contributed by atoms with Crippen molar-refractivity contribution in [1.29, 1.82) is 0 Å². The van der Waals surface area contributed by atoms with Crippen molar-refractivity contribution in [3.8, 4) is 5.75 Å². The van der Waals surface area contributed by atoms with Crippen molar-refractivity contribution in [3.63, 3.8) is 0 Å². The number of ether oxygens (including phenoxy) is 1. The van der Waals surface area contributed by atoms with E-state index in [4.69, 9.17) is 0 Å². The Hall–Kier alpha value is -3.14. The summed E-state index contributed by atoms with van der Waals surface area (Å²) in [5.74, 6) is -1.09. The molecule has 0 aliphatic heterocycles. The number of nitrogens with zero attached hydrogens (tertiary/aromatic N) is 1. The molecule has 0 saturated heterocycles. The van der Waals surface area contributed by atoms with Crippen LogP contribution in [-0.4, -0.2) is 17.3 Å². The number of alkyl halides is 3. The third-order valence-electron chi connectivity index (χ3n) is 3.44. The highest BCUT2D eigenvalue weighted by molar-refractivity contribution is 7.14. The molecule has 3 rings (SSSR count). The summed E-state index contributed by atoms with van der Waals surface area (Å²) in [4.78, 5) is 16.3. The van der Waals surface area contributed by atoms with Gasteiger partial charge in [0.25, 0.3) is 5.91 Å². The van der Waals surface area contributed by atoms with E-state index in [1.54, 1.807) is 17.5 Å². The minimum absolute atomic E-state index is 0.187. The molecule has 1 amide bonds. The number of halogens is 4. The number of rotatable bonds is 6. The summed E-state index contributed by atoms with van der Waals surface area (Å²) in [6, 6.07) is 10.9. The second-order valence-electron chi connectivity index (χ2n) is 5.54. The second kappa shape index (κ2) is 8.26. The van der Waals surface area contributed by atoms with Gasteiger partial charge in [0, 0.05) is 17.6 Å². The number of thiazole rings is 1. The van der Waals surface area contributed by atoms with Crippen molar-refractivity contribution in [3.05, 3.63) is 71.0 Å². The van der Waals surface area contributed by atoms with Gasteiger partial charge in [0.15, 0.2) is 5.13 Å². The molecule has 0 atom stereocenters. The SMILES string of the molecule is O=C(NCc1ccc(F)cc1)c1csc(Nc2ccc(OC(F)(F)F)cc2)n1. The lowest BCUT2D eigenvalue weighted by Crippen LogP contribution is -2.23. The average molecular weight is 411 g/mol. The Kier molecular flexibility index (Phi) is 5.78. The molecule has 0 aliphatic rings. The molecule has 1 aromatic heterocycles. The smallest absolute Gasteiger partial charge is 0.406 e. The van der Waals surface area contributed by atoms with Crippen LogP contribution in [0.15, 0.2) is 53.9 Å². The van der Waals surface area contributed by atoms with Crippen LogP contribution in [0, 0.1) is 5.82 Å². The number of carbonyl (C=O) groups excluding carboxylic acids is 1. The van der Waals surface area contributed by atoms with Gasteiger partial charge in [-0.1, -0.05) is 12.1 Å². The quantitative estimate of drug-likeness (QED) is 0.569. The fourth-order valence-electron chi connectivity index (χ4n) is 2.17. The van der Waals surface area contributed by atoms with Crippen molar-refractivity contribution in [2.75, 3.05) is 5.32 Å². The van der Waals surface area contributed by atoms with Gasteiger partial charge in [0.05, 0.1) is 0 Å². The van der Waals surface area contributed by atoms with Gasteiger partial charge in [-0.2, -0.15) is 0 Å². The Bertz CT molecular complexity index is 941.